The second-order valence-corrected chi connectivity index (χ2v) is 7.21. The molecule has 0 saturated carbocycles. The van der Waals surface area contributed by atoms with Crippen LogP contribution in [0.5, 0.6) is 5.75 Å². The lowest BCUT2D eigenvalue weighted by molar-refractivity contribution is -0.126. The Bertz CT molecular complexity index is 1020. The van der Waals surface area contributed by atoms with Crippen LogP contribution in [-0.2, 0) is 11.3 Å². The first kappa shape index (κ1) is 19.0. The third-order valence-electron chi connectivity index (χ3n) is 5.47. The van der Waals surface area contributed by atoms with E-state index in [1.165, 1.54) is 0 Å². The average Bonchev–Trinajstić information content (AvgIpc) is 3.21. The molecular weight excluding hydrogens is 368 g/mol. The van der Waals surface area contributed by atoms with Crippen LogP contribution in [0.4, 0.5) is 0 Å². The number of likely N-dealkylation sites (tertiary alicyclic amines) is 1. The molecule has 0 unspecified atom stereocenters. The fraction of sp³-hybridized carbons (Fsp3) is 0.318. The smallest absolute Gasteiger partial charge is 0.274 e. The van der Waals surface area contributed by atoms with Gasteiger partial charge in [0, 0.05) is 36.5 Å². The minimum absolute atomic E-state index is 0.0215. The first-order chi connectivity index (χ1) is 14.2. The number of benzene rings is 2. The summed E-state index contributed by atoms with van der Waals surface area (Å²) in [5, 5.41) is 10.9. The first-order valence-corrected chi connectivity index (χ1v) is 9.79. The maximum Gasteiger partial charge on any atom is 0.274 e. The van der Waals surface area contributed by atoms with Crippen LogP contribution in [-0.4, -0.2) is 47.1 Å². The van der Waals surface area contributed by atoms with Crippen LogP contribution in [0.15, 0.2) is 48.5 Å². The van der Waals surface area contributed by atoms with Crippen LogP contribution in [0.25, 0.3) is 10.9 Å². The summed E-state index contributed by atoms with van der Waals surface area (Å²) in [6.45, 7) is 1.53. The van der Waals surface area contributed by atoms with Crippen molar-refractivity contribution in [2.75, 3.05) is 20.2 Å². The Morgan fingerprint density at radius 1 is 1.14 bits per heavy atom. The molecule has 1 saturated heterocycles. The number of H-pyrrole nitrogens is 1. The molecule has 2 N–H and O–H groups in total. The SMILES string of the molecule is COc1ccccc1CNC(=O)C1CCN(C(=O)c2n[nH]c3ccccc23)CC1. The molecule has 0 atom stereocenters. The molecule has 0 radical (unpaired) electrons. The fourth-order valence-corrected chi connectivity index (χ4v) is 3.80. The molecule has 150 valence electrons. The number of ether oxygens (including phenoxy) is 1. The highest BCUT2D eigenvalue weighted by Crippen LogP contribution is 2.23. The first-order valence-electron chi connectivity index (χ1n) is 9.79. The van der Waals surface area contributed by atoms with Gasteiger partial charge in [-0.05, 0) is 25.0 Å². The van der Waals surface area contributed by atoms with Crippen LogP contribution in [0.2, 0.25) is 0 Å². The van der Waals surface area contributed by atoms with Gasteiger partial charge in [-0.3, -0.25) is 14.7 Å². The van der Waals surface area contributed by atoms with Crippen molar-refractivity contribution >= 4 is 22.7 Å². The highest BCUT2D eigenvalue weighted by Gasteiger charge is 2.29. The number of rotatable bonds is 5. The Hall–Kier alpha value is -3.35. The monoisotopic (exact) mass is 392 g/mol. The normalized spacial score (nSPS) is 14.7. The van der Waals surface area contributed by atoms with Crippen molar-refractivity contribution in [3.8, 4) is 5.75 Å². The highest BCUT2D eigenvalue weighted by molar-refractivity contribution is 6.04. The number of fused-ring (bicyclic) bond motifs is 1. The molecule has 0 bridgehead atoms. The topological polar surface area (TPSA) is 87.3 Å². The van der Waals surface area contributed by atoms with Crippen molar-refractivity contribution in [1.82, 2.24) is 20.4 Å². The molecule has 2 amide bonds. The molecule has 0 aliphatic carbocycles. The van der Waals surface area contributed by atoms with Crippen molar-refractivity contribution in [1.29, 1.82) is 0 Å². The lowest BCUT2D eigenvalue weighted by Gasteiger charge is -2.31. The van der Waals surface area contributed by atoms with E-state index >= 15 is 0 Å². The summed E-state index contributed by atoms with van der Waals surface area (Å²) >= 11 is 0. The maximum atomic E-state index is 12.9. The van der Waals surface area contributed by atoms with Gasteiger partial charge in [0.25, 0.3) is 5.91 Å². The molecule has 1 aliphatic rings. The molecule has 1 fully saturated rings. The molecule has 29 heavy (non-hydrogen) atoms. The van der Waals surface area contributed by atoms with Crippen molar-refractivity contribution in [3.63, 3.8) is 0 Å². The summed E-state index contributed by atoms with van der Waals surface area (Å²) in [5.41, 5.74) is 2.24. The van der Waals surface area contributed by atoms with E-state index in [0.29, 0.717) is 38.2 Å². The Kier molecular flexibility index (Phi) is 5.46. The predicted octanol–water partition coefficient (Wildman–Crippen LogP) is 2.74. The van der Waals surface area contributed by atoms with Gasteiger partial charge in [-0.25, -0.2) is 0 Å². The largest absolute Gasteiger partial charge is 0.496 e. The number of carbonyl (C=O) groups is 2. The molecule has 1 aromatic heterocycles. The van der Waals surface area contributed by atoms with Gasteiger partial charge in [-0.15, -0.1) is 0 Å². The summed E-state index contributed by atoms with van der Waals surface area (Å²) in [7, 11) is 1.62. The van der Waals surface area contributed by atoms with Crippen LogP contribution in [0.1, 0.15) is 28.9 Å². The zero-order valence-corrected chi connectivity index (χ0v) is 16.4. The average molecular weight is 392 g/mol. The van der Waals surface area contributed by atoms with Gasteiger partial charge in [-0.2, -0.15) is 5.10 Å². The lowest BCUT2D eigenvalue weighted by Crippen LogP contribution is -2.43. The van der Waals surface area contributed by atoms with E-state index in [-0.39, 0.29) is 17.7 Å². The van der Waals surface area contributed by atoms with E-state index in [4.69, 9.17) is 4.74 Å². The predicted molar refractivity (Wildman–Crippen MR) is 110 cm³/mol. The number of nitrogens with one attached hydrogen (secondary N) is 2. The molecule has 0 spiro atoms. The standard InChI is InChI=1S/C22H24N4O3/c1-29-19-9-5-2-6-16(19)14-23-21(27)15-10-12-26(13-11-15)22(28)20-17-7-3-4-8-18(17)24-25-20/h2-9,15H,10-14H2,1H3,(H,23,27)(H,24,25). The fourth-order valence-electron chi connectivity index (χ4n) is 3.80. The summed E-state index contributed by atoms with van der Waals surface area (Å²) < 4.78 is 5.33. The number of aromatic amines is 1. The molecular formula is C22H24N4O3. The van der Waals surface area contributed by atoms with Crippen LogP contribution < -0.4 is 10.1 Å². The van der Waals surface area contributed by atoms with Gasteiger partial charge in [-0.1, -0.05) is 36.4 Å². The summed E-state index contributed by atoms with van der Waals surface area (Å²) in [5.74, 6) is 0.604. The molecule has 7 nitrogen and oxygen atoms in total. The second kappa shape index (κ2) is 8.34. The van der Waals surface area contributed by atoms with Gasteiger partial charge in [0.15, 0.2) is 5.69 Å². The third kappa shape index (κ3) is 3.94. The number of para-hydroxylation sites is 2. The van der Waals surface area contributed by atoms with E-state index in [2.05, 4.69) is 15.5 Å². The van der Waals surface area contributed by atoms with Crippen LogP contribution >= 0.6 is 0 Å². The molecule has 4 rings (SSSR count). The van der Waals surface area contributed by atoms with E-state index in [1.807, 2.05) is 48.5 Å². The number of amides is 2. The molecule has 1 aliphatic heterocycles. The Labute approximate surface area is 169 Å². The summed E-state index contributed by atoms with van der Waals surface area (Å²) in [4.78, 5) is 27.2. The zero-order valence-electron chi connectivity index (χ0n) is 16.4. The number of methoxy groups -OCH3 is 1. The summed E-state index contributed by atoms with van der Waals surface area (Å²) in [6, 6.07) is 15.2. The van der Waals surface area contributed by atoms with Gasteiger partial charge >= 0.3 is 0 Å². The van der Waals surface area contributed by atoms with E-state index in [9.17, 15) is 9.59 Å². The molecule has 3 aromatic rings. The maximum absolute atomic E-state index is 12.9. The van der Waals surface area contributed by atoms with E-state index in [1.54, 1.807) is 12.0 Å². The van der Waals surface area contributed by atoms with Gasteiger partial charge in [0.05, 0.1) is 12.6 Å². The second-order valence-electron chi connectivity index (χ2n) is 7.21. The van der Waals surface area contributed by atoms with Crippen molar-refractivity contribution < 1.29 is 14.3 Å². The van der Waals surface area contributed by atoms with Crippen LogP contribution in [0.3, 0.4) is 0 Å². The number of carbonyl (C=O) groups excluding carboxylic acids is 2. The van der Waals surface area contributed by atoms with Crippen molar-refractivity contribution in [2.24, 2.45) is 5.92 Å². The van der Waals surface area contributed by atoms with Gasteiger partial charge in [0.1, 0.15) is 5.75 Å². The Morgan fingerprint density at radius 2 is 1.86 bits per heavy atom. The van der Waals surface area contributed by atoms with Crippen molar-refractivity contribution in [2.45, 2.75) is 19.4 Å². The molecule has 2 heterocycles. The van der Waals surface area contributed by atoms with Gasteiger partial charge in [0.2, 0.25) is 5.91 Å². The van der Waals surface area contributed by atoms with E-state index in [0.717, 1.165) is 22.2 Å². The Balaban J connectivity index is 1.33. The molecule has 2 aromatic carbocycles. The summed E-state index contributed by atoms with van der Waals surface area (Å²) in [6.07, 6.45) is 1.29. The minimum atomic E-state index is -0.0929. The van der Waals surface area contributed by atoms with Crippen molar-refractivity contribution in [3.05, 3.63) is 59.8 Å². The quantitative estimate of drug-likeness (QED) is 0.699. The number of piperidine rings is 1. The number of hydrogen-bond acceptors (Lipinski definition) is 4. The number of nitrogens with zero attached hydrogens (tertiary/aromatic N) is 2. The molecule has 7 heteroatoms. The highest BCUT2D eigenvalue weighted by atomic mass is 16.5. The zero-order chi connectivity index (χ0) is 20.2. The lowest BCUT2D eigenvalue weighted by atomic mass is 9.95. The number of hydrogen-bond donors (Lipinski definition) is 2. The van der Waals surface area contributed by atoms with Crippen LogP contribution in [0, 0.1) is 5.92 Å². The third-order valence-corrected chi connectivity index (χ3v) is 5.47. The van der Waals surface area contributed by atoms with E-state index < -0.39 is 0 Å². The van der Waals surface area contributed by atoms with Gasteiger partial charge < -0.3 is 15.0 Å². The number of aromatic nitrogens is 2. The minimum Gasteiger partial charge on any atom is -0.496 e. The Morgan fingerprint density at radius 3 is 2.66 bits per heavy atom.